The Hall–Kier alpha value is -1.32. The molecule has 2 rings (SSSR count). The Labute approximate surface area is 110 Å². The Morgan fingerprint density at radius 3 is 2.44 bits per heavy atom. The van der Waals surface area contributed by atoms with E-state index in [1.807, 2.05) is 14.0 Å². The fourth-order valence-electron chi connectivity index (χ4n) is 2.68. The maximum atomic E-state index is 4.56. The summed E-state index contributed by atoms with van der Waals surface area (Å²) < 4.78 is 0. The van der Waals surface area contributed by atoms with Gasteiger partial charge in [-0.15, -0.1) is 0 Å². The molecule has 1 aromatic heterocycles. The van der Waals surface area contributed by atoms with E-state index in [0.717, 1.165) is 11.5 Å². The first kappa shape index (κ1) is 13.1. The lowest BCUT2D eigenvalue weighted by Gasteiger charge is -2.28. The summed E-state index contributed by atoms with van der Waals surface area (Å²) >= 11 is 0. The van der Waals surface area contributed by atoms with E-state index in [2.05, 4.69) is 33.3 Å². The van der Waals surface area contributed by atoms with Gasteiger partial charge in [-0.1, -0.05) is 25.7 Å². The SMILES string of the molecule is CNc1nc(C)cc(N(C)C2CCCCCC2)n1. The zero-order valence-corrected chi connectivity index (χ0v) is 11.7. The fraction of sp³-hybridized carbons (Fsp3) is 0.714. The lowest BCUT2D eigenvalue weighted by molar-refractivity contribution is 0.549. The van der Waals surface area contributed by atoms with Gasteiger partial charge in [-0.05, 0) is 19.8 Å². The molecule has 0 atom stereocenters. The van der Waals surface area contributed by atoms with Crippen LogP contribution in [0.25, 0.3) is 0 Å². The Kier molecular flexibility index (Phi) is 4.39. The molecule has 0 aliphatic heterocycles. The Balaban J connectivity index is 2.15. The molecule has 0 bridgehead atoms. The van der Waals surface area contributed by atoms with Gasteiger partial charge in [-0.2, -0.15) is 4.98 Å². The molecule has 1 aliphatic rings. The van der Waals surface area contributed by atoms with Crippen LogP contribution in [0.5, 0.6) is 0 Å². The van der Waals surface area contributed by atoms with Crippen molar-refractivity contribution in [3.05, 3.63) is 11.8 Å². The summed E-state index contributed by atoms with van der Waals surface area (Å²) in [7, 11) is 4.03. The Morgan fingerprint density at radius 2 is 1.83 bits per heavy atom. The first-order chi connectivity index (χ1) is 8.70. The van der Waals surface area contributed by atoms with Crippen LogP contribution in [-0.4, -0.2) is 30.1 Å². The molecule has 1 heterocycles. The topological polar surface area (TPSA) is 41.1 Å². The number of rotatable bonds is 3. The minimum Gasteiger partial charge on any atom is -0.357 e. The highest BCUT2D eigenvalue weighted by Crippen LogP contribution is 2.25. The highest BCUT2D eigenvalue weighted by Gasteiger charge is 2.18. The van der Waals surface area contributed by atoms with E-state index in [1.165, 1.54) is 38.5 Å². The normalized spacial score (nSPS) is 17.3. The van der Waals surface area contributed by atoms with E-state index in [-0.39, 0.29) is 0 Å². The number of aromatic nitrogens is 2. The van der Waals surface area contributed by atoms with Crippen molar-refractivity contribution in [2.45, 2.75) is 51.5 Å². The molecule has 18 heavy (non-hydrogen) atoms. The molecule has 0 spiro atoms. The van der Waals surface area contributed by atoms with Gasteiger partial charge in [-0.25, -0.2) is 4.98 Å². The molecule has 100 valence electrons. The molecular weight excluding hydrogens is 224 g/mol. The lowest BCUT2D eigenvalue weighted by Crippen LogP contribution is -2.32. The van der Waals surface area contributed by atoms with Crippen molar-refractivity contribution in [2.75, 3.05) is 24.3 Å². The molecule has 1 saturated carbocycles. The molecule has 0 amide bonds. The van der Waals surface area contributed by atoms with Crippen LogP contribution in [-0.2, 0) is 0 Å². The van der Waals surface area contributed by atoms with Crippen LogP contribution in [0.1, 0.15) is 44.2 Å². The van der Waals surface area contributed by atoms with Gasteiger partial charge in [0.15, 0.2) is 0 Å². The summed E-state index contributed by atoms with van der Waals surface area (Å²) in [5.74, 6) is 1.75. The minimum absolute atomic E-state index is 0.631. The van der Waals surface area contributed by atoms with Gasteiger partial charge >= 0.3 is 0 Å². The standard InChI is InChI=1S/C14H24N4/c1-11-10-13(17-14(15-2)16-11)18(3)12-8-6-4-5-7-9-12/h10,12H,4-9H2,1-3H3,(H,15,16,17). The summed E-state index contributed by atoms with van der Waals surface area (Å²) in [5.41, 5.74) is 1.02. The van der Waals surface area contributed by atoms with E-state index < -0.39 is 0 Å². The molecule has 1 aliphatic carbocycles. The lowest BCUT2D eigenvalue weighted by atomic mass is 10.1. The first-order valence-corrected chi connectivity index (χ1v) is 6.97. The third-order valence-electron chi connectivity index (χ3n) is 3.80. The summed E-state index contributed by atoms with van der Waals surface area (Å²) in [6, 6.07) is 2.71. The molecule has 4 heteroatoms. The average molecular weight is 248 g/mol. The predicted octanol–water partition coefficient (Wildman–Crippen LogP) is 2.99. The third-order valence-corrected chi connectivity index (χ3v) is 3.80. The van der Waals surface area contributed by atoms with E-state index in [1.54, 1.807) is 0 Å². The summed E-state index contributed by atoms with van der Waals surface area (Å²) in [5, 5.41) is 3.03. The second kappa shape index (κ2) is 6.03. The van der Waals surface area contributed by atoms with Crippen molar-refractivity contribution >= 4 is 11.8 Å². The molecule has 1 aromatic rings. The van der Waals surface area contributed by atoms with Gasteiger partial charge in [0.2, 0.25) is 5.95 Å². The van der Waals surface area contributed by atoms with Gasteiger partial charge in [-0.3, -0.25) is 0 Å². The number of nitrogens with zero attached hydrogens (tertiary/aromatic N) is 3. The largest absolute Gasteiger partial charge is 0.357 e. The molecule has 0 unspecified atom stereocenters. The van der Waals surface area contributed by atoms with Crippen LogP contribution in [0.2, 0.25) is 0 Å². The van der Waals surface area contributed by atoms with Crippen LogP contribution in [0.15, 0.2) is 6.07 Å². The Morgan fingerprint density at radius 1 is 1.17 bits per heavy atom. The van der Waals surface area contributed by atoms with Crippen molar-refractivity contribution in [2.24, 2.45) is 0 Å². The quantitative estimate of drug-likeness (QED) is 0.835. The fourth-order valence-corrected chi connectivity index (χ4v) is 2.68. The molecular formula is C14H24N4. The van der Waals surface area contributed by atoms with Gasteiger partial charge in [0.1, 0.15) is 5.82 Å². The van der Waals surface area contributed by atoms with Gasteiger partial charge in [0.25, 0.3) is 0 Å². The second-order valence-corrected chi connectivity index (χ2v) is 5.20. The minimum atomic E-state index is 0.631. The maximum absolute atomic E-state index is 4.56. The van der Waals surface area contributed by atoms with E-state index in [9.17, 15) is 0 Å². The van der Waals surface area contributed by atoms with Crippen LogP contribution in [0, 0.1) is 6.92 Å². The molecule has 0 radical (unpaired) electrons. The van der Waals surface area contributed by atoms with Crippen molar-refractivity contribution in [3.8, 4) is 0 Å². The number of nitrogens with one attached hydrogen (secondary N) is 1. The number of hydrogen-bond acceptors (Lipinski definition) is 4. The average Bonchev–Trinajstić information content (AvgIpc) is 2.65. The second-order valence-electron chi connectivity index (χ2n) is 5.20. The predicted molar refractivity (Wildman–Crippen MR) is 76.2 cm³/mol. The summed E-state index contributed by atoms with van der Waals surface area (Å²) in [6.45, 7) is 2.02. The molecule has 1 fully saturated rings. The summed E-state index contributed by atoms with van der Waals surface area (Å²) in [4.78, 5) is 11.2. The summed E-state index contributed by atoms with van der Waals surface area (Å²) in [6.07, 6.45) is 8.03. The van der Waals surface area contributed by atoms with E-state index in [0.29, 0.717) is 12.0 Å². The van der Waals surface area contributed by atoms with Crippen molar-refractivity contribution in [3.63, 3.8) is 0 Å². The van der Waals surface area contributed by atoms with Gasteiger partial charge in [0.05, 0.1) is 0 Å². The van der Waals surface area contributed by atoms with Crippen LogP contribution < -0.4 is 10.2 Å². The highest BCUT2D eigenvalue weighted by atomic mass is 15.2. The van der Waals surface area contributed by atoms with Crippen molar-refractivity contribution in [1.82, 2.24) is 9.97 Å². The van der Waals surface area contributed by atoms with Crippen LogP contribution in [0.4, 0.5) is 11.8 Å². The van der Waals surface area contributed by atoms with Gasteiger partial charge in [0, 0.05) is 31.9 Å². The molecule has 1 N–H and O–H groups in total. The van der Waals surface area contributed by atoms with Crippen LogP contribution >= 0.6 is 0 Å². The smallest absolute Gasteiger partial charge is 0.224 e. The van der Waals surface area contributed by atoms with Crippen LogP contribution in [0.3, 0.4) is 0 Å². The molecule has 0 aromatic carbocycles. The molecule has 0 saturated heterocycles. The zero-order valence-electron chi connectivity index (χ0n) is 11.7. The highest BCUT2D eigenvalue weighted by molar-refractivity contribution is 5.44. The molecule has 4 nitrogen and oxygen atoms in total. The number of hydrogen-bond donors (Lipinski definition) is 1. The first-order valence-electron chi connectivity index (χ1n) is 6.97. The number of aryl methyl sites for hydroxylation is 1. The third kappa shape index (κ3) is 3.12. The van der Waals surface area contributed by atoms with Gasteiger partial charge < -0.3 is 10.2 Å². The van der Waals surface area contributed by atoms with Crippen molar-refractivity contribution in [1.29, 1.82) is 0 Å². The number of anilines is 2. The van der Waals surface area contributed by atoms with E-state index in [4.69, 9.17) is 0 Å². The van der Waals surface area contributed by atoms with Crippen molar-refractivity contribution < 1.29 is 0 Å². The van der Waals surface area contributed by atoms with E-state index >= 15 is 0 Å². The zero-order chi connectivity index (χ0) is 13.0. The monoisotopic (exact) mass is 248 g/mol. The maximum Gasteiger partial charge on any atom is 0.224 e. The Bertz CT molecular complexity index is 383.